The van der Waals surface area contributed by atoms with Gasteiger partial charge in [0.1, 0.15) is 12.6 Å². The predicted molar refractivity (Wildman–Crippen MR) is 114 cm³/mol. The SMILES string of the molecule is CC(C)N1CC=C[C@]23S[C@]4(C)C=CCOC(=O)[C@@H]4[C@H]2C(=O)N(CCCCO)C3C1=O. The number of fused-ring (bicyclic) bond motifs is 2. The van der Waals surface area contributed by atoms with Gasteiger partial charge in [0, 0.05) is 30.5 Å². The predicted octanol–water partition coefficient (Wildman–Crippen LogP) is 1.37. The van der Waals surface area contributed by atoms with Crippen LogP contribution in [0.25, 0.3) is 0 Å². The zero-order valence-corrected chi connectivity index (χ0v) is 18.6. The summed E-state index contributed by atoms with van der Waals surface area (Å²) in [6.07, 6.45) is 8.97. The van der Waals surface area contributed by atoms with Gasteiger partial charge in [-0.05, 0) is 39.7 Å². The lowest BCUT2D eigenvalue weighted by molar-refractivity contribution is -0.152. The van der Waals surface area contributed by atoms with Crippen LogP contribution < -0.4 is 0 Å². The van der Waals surface area contributed by atoms with Gasteiger partial charge in [-0.3, -0.25) is 14.4 Å². The third-order valence-corrected chi connectivity index (χ3v) is 8.57. The van der Waals surface area contributed by atoms with Crippen molar-refractivity contribution in [1.82, 2.24) is 9.80 Å². The van der Waals surface area contributed by atoms with E-state index < -0.39 is 27.4 Å². The van der Waals surface area contributed by atoms with Gasteiger partial charge in [-0.2, -0.15) is 0 Å². The second-order valence-electron chi connectivity index (χ2n) is 8.98. The maximum Gasteiger partial charge on any atom is 0.311 e. The van der Waals surface area contributed by atoms with Crippen molar-refractivity contribution in [2.75, 3.05) is 26.3 Å². The van der Waals surface area contributed by atoms with Crippen molar-refractivity contribution in [3.05, 3.63) is 24.3 Å². The number of carbonyl (C=O) groups is 3. The quantitative estimate of drug-likeness (QED) is 0.400. The number of ether oxygens (including phenoxy) is 1. The molecule has 30 heavy (non-hydrogen) atoms. The first kappa shape index (κ1) is 21.4. The standard InChI is InChI=1S/C22H30N2O5S/c1-14(2)23-11-6-9-22-15(16-20(28)29-13-7-8-21(16,3)30-22)18(26)24(10-4-5-12-25)17(22)19(23)27/h6-9,14-17,25H,4-5,10-13H2,1-3H3/t15-,16-,17?,21+,22-/m0/s1. The second kappa shape index (κ2) is 7.71. The highest BCUT2D eigenvalue weighted by Crippen LogP contribution is 2.65. The van der Waals surface area contributed by atoms with Crippen molar-refractivity contribution < 1.29 is 24.2 Å². The number of thioether (sulfide) groups is 1. The van der Waals surface area contributed by atoms with Gasteiger partial charge in [0.25, 0.3) is 0 Å². The molecule has 2 amide bonds. The Labute approximate surface area is 181 Å². The van der Waals surface area contributed by atoms with Crippen molar-refractivity contribution in [1.29, 1.82) is 0 Å². The Kier molecular flexibility index (Phi) is 5.51. The summed E-state index contributed by atoms with van der Waals surface area (Å²) in [5.74, 6) is -1.88. The smallest absolute Gasteiger partial charge is 0.311 e. The van der Waals surface area contributed by atoms with Crippen LogP contribution in [0.1, 0.15) is 33.6 Å². The zero-order chi connectivity index (χ0) is 21.7. The van der Waals surface area contributed by atoms with Crippen LogP contribution in [-0.4, -0.2) is 80.6 Å². The molecule has 0 aromatic heterocycles. The molecule has 2 fully saturated rings. The van der Waals surface area contributed by atoms with Crippen LogP contribution in [0.3, 0.4) is 0 Å². The molecular weight excluding hydrogens is 404 g/mol. The van der Waals surface area contributed by atoms with E-state index in [2.05, 4.69) is 0 Å². The summed E-state index contributed by atoms with van der Waals surface area (Å²) in [4.78, 5) is 43.9. The topological polar surface area (TPSA) is 87.2 Å². The second-order valence-corrected chi connectivity index (χ2v) is 10.8. The third kappa shape index (κ3) is 3.02. The van der Waals surface area contributed by atoms with E-state index in [4.69, 9.17) is 4.74 Å². The minimum absolute atomic E-state index is 0.00284. The molecule has 0 aromatic carbocycles. The fraction of sp³-hybridized carbons (Fsp3) is 0.682. The van der Waals surface area contributed by atoms with Crippen LogP contribution >= 0.6 is 11.8 Å². The Hall–Kier alpha value is -1.80. The maximum atomic E-state index is 13.7. The largest absolute Gasteiger partial charge is 0.461 e. The van der Waals surface area contributed by atoms with Crippen LogP contribution in [0.15, 0.2) is 24.3 Å². The lowest BCUT2D eigenvalue weighted by Crippen LogP contribution is -2.54. The highest BCUT2D eigenvalue weighted by molar-refractivity contribution is 8.02. The highest BCUT2D eigenvalue weighted by Gasteiger charge is 2.73. The lowest BCUT2D eigenvalue weighted by atomic mass is 9.75. The van der Waals surface area contributed by atoms with E-state index >= 15 is 0 Å². The minimum Gasteiger partial charge on any atom is -0.461 e. The Balaban J connectivity index is 1.83. The van der Waals surface area contributed by atoms with Gasteiger partial charge in [0.05, 0.1) is 16.6 Å². The molecule has 164 valence electrons. The van der Waals surface area contributed by atoms with Gasteiger partial charge in [0.2, 0.25) is 11.8 Å². The number of carbonyl (C=O) groups excluding carboxylic acids is 3. The fourth-order valence-corrected chi connectivity index (χ4v) is 7.62. The normalized spacial score (nSPS) is 37.8. The Bertz CT molecular complexity index is 811. The molecular formula is C22H30N2O5S. The molecule has 0 bridgehead atoms. The van der Waals surface area contributed by atoms with Gasteiger partial charge in [-0.25, -0.2) is 0 Å². The zero-order valence-electron chi connectivity index (χ0n) is 17.7. The number of unbranched alkanes of at least 4 members (excludes halogenated alkanes) is 1. The molecule has 5 atom stereocenters. The van der Waals surface area contributed by atoms with E-state index in [-0.39, 0.29) is 37.0 Å². The van der Waals surface area contributed by atoms with Gasteiger partial charge in [0.15, 0.2) is 0 Å². The number of hydrogen-bond acceptors (Lipinski definition) is 6. The van der Waals surface area contributed by atoms with Crippen LogP contribution in [-0.2, 0) is 19.1 Å². The molecule has 4 heterocycles. The number of rotatable bonds is 5. The monoisotopic (exact) mass is 434 g/mol. The van der Waals surface area contributed by atoms with Gasteiger partial charge >= 0.3 is 5.97 Å². The molecule has 0 aromatic rings. The summed E-state index contributed by atoms with van der Waals surface area (Å²) in [7, 11) is 0. The number of cyclic esters (lactones) is 1. The molecule has 0 aliphatic carbocycles. The maximum absolute atomic E-state index is 13.7. The third-order valence-electron chi connectivity index (χ3n) is 6.77. The average molecular weight is 435 g/mol. The van der Waals surface area contributed by atoms with Crippen molar-refractivity contribution in [3.8, 4) is 0 Å². The molecule has 4 aliphatic heterocycles. The van der Waals surface area contributed by atoms with E-state index in [1.54, 1.807) is 21.6 Å². The van der Waals surface area contributed by atoms with Gasteiger partial charge in [-0.1, -0.05) is 18.2 Å². The summed E-state index contributed by atoms with van der Waals surface area (Å²) in [5.41, 5.74) is 0. The number of likely N-dealkylation sites (tertiary alicyclic amines) is 1. The summed E-state index contributed by atoms with van der Waals surface area (Å²) in [6.45, 7) is 7.05. The summed E-state index contributed by atoms with van der Waals surface area (Å²) in [6, 6.07) is -0.659. The van der Waals surface area contributed by atoms with E-state index in [1.807, 2.05) is 45.1 Å². The lowest BCUT2D eigenvalue weighted by Gasteiger charge is -2.37. The number of esters is 1. The molecule has 2 saturated heterocycles. The van der Waals surface area contributed by atoms with E-state index in [0.717, 1.165) is 0 Å². The number of amides is 2. The van der Waals surface area contributed by atoms with E-state index in [9.17, 15) is 19.5 Å². The number of nitrogens with zero attached hydrogens (tertiary/aromatic N) is 2. The Morgan fingerprint density at radius 2 is 1.93 bits per heavy atom. The van der Waals surface area contributed by atoms with Gasteiger partial charge < -0.3 is 19.6 Å². The van der Waals surface area contributed by atoms with Gasteiger partial charge in [-0.15, -0.1) is 11.8 Å². The first-order valence-electron chi connectivity index (χ1n) is 10.7. The molecule has 1 spiro atoms. The summed E-state index contributed by atoms with van der Waals surface area (Å²) in [5, 5.41) is 9.20. The van der Waals surface area contributed by atoms with Crippen LogP contribution in [0.2, 0.25) is 0 Å². The Morgan fingerprint density at radius 3 is 2.63 bits per heavy atom. The molecule has 0 saturated carbocycles. The average Bonchev–Trinajstić information content (AvgIpc) is 2.93. The van der Waals surface area contributed by atoms with Crippen molar-refractivity contribution in [2.45, 2.75) is 55.2 Å². The van der Waals surface area contributed by atoms with E-state index in [1.165, 1.54) is 0 Å². The summed E-state index contributed by atoms with van der Waals surface area (Å²) < 4.78 is 3.99. The molecule has 1 unspecified atom stereocenters. The van der Waals surface area contributed by atoms with E-state index in [0.29, 0.717) is 25.9 Å². The molecule has 4 aliphatic rings. The van der Waals surface area contributed by atoms with Crippen LogP contribution in [0, 0.1) is 11.8 Å². The first-order valence-corrected chi connectivity index (χ1v) is 11.5. The van der Waals surface area contributed by atoms with Crippen molar-refractivity contribution >= 4 is 29.5 Å². The number of aliphatic hydroxyl groups is 1. The highest BCUT2D eigenvalue weighted by atomic mass is 32.2. The Morgan fingerprint density at radius 1 is 1.17 bits per heavy atom. The van der Waals surface area contributed by atoms with Crippen molar-refractivity contribution in [3.63, 3.8) is 0 Å². The summed E-state index contributed by atoms with van der Waals surface area (Å²) >= 11 is 1.56. The number of aliphatic hydroxyl groups excluding tert-OH is 1. The van der Waals surface area contributed by atoms with Crippen LogP contribution in [0.4, 0.5) is 0 Å². The molecule has 7 nitrogen and oxygen atoms in total. The molecule has 1 N–H and O–H groups in total. The number of hydrogen-bond donors (Lipinski definition) is 1. The molecule has 4 rings (SSSR count). The minimum atomic E-state index is -0.808. The molecule has 8 heteroatoms. The fourth-order valence-electron chi connectivity index (χ4n) is 5.47. The van der Waals surface area contributed by atoms with Crippen LogP contribution in [0.5, 0.6) is 0 Å². The first-order chi connectivity index (χ1) is 14.3. The molecule has 0 radical (unpaired) electrons. The van der Waals surface area contributed by atoms with Crippen molar-refractivity contribution in [2.24, 2.45) is 11.8 Å².